The standard InChI is InChI=1S/C17H28N6O2/c1-16(2,3)13-9-14(23(21-13)17(4,5)6)20-15(25)19-12-10-18-22(11-12)7-8-24/h9-11,24H,7-8H2,1-6H3,(H2,19,20,25). The van der Waals surface area contributed by atoms with Crippen molar-refractivity contribution in [1.82, 2.24) is 19.6 Å². The first-order valence-corrected chi connectivity index (χ1v) is 8.33. The second kappa shape index (κ2) is 6.87. The summed E-state index contributed by atoms with van der Waals surface area (Å²) in [6.45, 7) is 12.7. The minimum Gasteiger partial charge on any atom is -0.394 e. The average Bonchev–Trinajstić information content (AvgIpc) is 3.05. The van der Waals surface area contributed by atoms with Gasteiger partial charge in [-0.1, -0.05) is 20.8 Å². The van der Waals surface area contributed by atoms with E-state index < -0.39 is 0 Å². The molecule has 3 N–H and O–H groups in total. The molecule has 0 aliphatic heterocycles. The van der Waals surface area contributed by atoms with Crippen LogP contribution in [0, 0.1) is 0 Å². The summed E-state index contributed by atoms with van der Waals surface area (Å²) in [4.78, 5) is 12.3. The van der Waals surface area contributed by atoms with Crippen molar-refractivity contribution in [3.8, 4) is 0 Å². The first kappa shape index (κ1) is 19.0. The molecule has 0 radical (unpaired) electrons. The van der Waals surface area contributed by atoms with Crippen LogP contribution in [0.2, 0.25) is 0 Å². The van der Waals surface area contributed by atoms with Crippen molar-refractivity contribution in [2.75, 3.05) is 17.2 Å². The lowest BCUT2D eigenvalue weighted by Crippen LogP contribution is -2.28. The van der Waals surface area contributed by atoms with E-state index in [1.165, 1.54) is 6.20 Å². The van der Waals surface area contributed by atoms with Gasteiger partial charge in [0.15, 0.2) is 0 Å². The number of aliphatic hydroxyl groups is 1. The molecule has 25 heavy (non-hydrogen) atoms. The number of nitrogens with zero attached hydrogens (tertiary/aromatic N) is 4. The third kappa shape index (κ3) is 4.82. The van der Waals surface area contributed by atoms with Crippen molar-refractivity contribution in [2.45, 2.75) is 59.0 Å². The molecule has 0 unspecified atom stereocenters. The number of aliphatic hydroxyl groups excluding tert-OH is 1. The Kier molecular flexibility index (Phi) is 5.22. The predicted octanol–water partition coefficient (Wildman–Crippen LogP) is 2.77. The third-order valence-electron chi connectivity index (χ3n) is 3.58. The highest BCUT2D eigenvalue weighted by Crippen LogP contribution is 2.28. The number of rotatable bonds is 4. The van der Waals surface area contributed by atoms with Gasteiger partial charge >= 0.3 is 6.03 Å². The third-order valence-corrected chi connectivity index (χ3v) is 3.58. The van der Waals surface area contributed by atoms with Crippen LogP contribution in [0.3, 0.4) is 0 Å². The van der Waals surface area contributed by atoms with E-state index in [2.05, 4.69) is 41.6 Å². The zero-order valence-electron chi connectivity index (χ0n) is 15.8. The number of hydrogen-bond donors (Lipinski definition) is 3. The molecule has 2 amide bonds. The quantitative estimate of drug-likeness (QED) is 0.791. The Morgan fingerprint density at radius 3 is 2.44 bits per heavy atom. The Morgan fingerprint density at radius 1 is 1.20 bits per heavy atom. The highest BCUT2D eigenvalue weighted by Gasteiger charge is 2.25. The molecule has 0 fully saturated rings. The zero-order valence-corrected chi connectivity index (χ0v) is 15.8. The second-order valence-electron chi connectivity index (χ2n) is 8.04. The molecule has 2 aromatic rings. The van der Waals surface area contributed by atoms with Gasteiger partial charge in [0.1, 0.15) is 5.82 Å². The fourth-order valence-electron chi connectivity index (χ4n) is 2.28. The molecule has 0 saturated heterocycles. The largest absolute Gasteiger partial charge is 0.394 e. The molecule has 0 saturated carbocycles. The monoisotopic (exact) mass is 348 g/mol. The summed E-state index contributed by atoms with van der Waals surface area (Å²) in [7, 11) is 0. The molecule has 8 heteroatoms. The summed E-state index contributed by atoms with van der Waals surface area (Å²) in [5.74, 6) is 0.637. The Bertz CT molecular complexity index is 733. The highest BCUT2D eigenvalue weighted by atomic mass is 16.3. The van der Waals surface area contributed by atoms with E-state index in [0.717, 1.165) is 5.69 Å². The van der Waals surface area contributed by atoms with Gasteiger partial charge in [-0.3, -0.25) is 10.00 Å². The van der Waals surface area contributed by atoms with Crippen LogP contribution in [0.25, 0.3) is 0 Å². The van der Waals surface area contributed by atoms with Crippen molar-refractivity contribution in [3.05, 3.63) is 24.2 Å². The molecule has 8 nitrogen and oxygen atoms in total. The maximum absolute atomic E-state index is 12.3. The topological polar surface area (TPSA) is 97.0 Å². The summed E-state index contributed by atoms with van der Waals surface area (Å²) in [6, 6.07) is 1.54. The van der Waals surface area contributed by atoms with Gasteiger partial charge in [0.05, 0.1) is 36.3 Å². The SMILES string of the molecule is CC(C)(C)c1cc(NC(=O)Nc2cnn(CCO)c2)n(C(C)(C)C)n1. The van der Waals surface area contributed by atoms with Crippen molar-refractivity contribution in [1.29, 1.82) is 0 Å². The van der Waals surface area contributed by atoms with E-state index in [1.54, 1.807) is 10.9 Å². The summed E-state index contributed by atoms with van der Waals surface area (Å²) >= 11 is 0. The van der Waals surface area contributed by atoms with E-state index in [-0.39, 0.29) is 23.6 Å². The number of anilines is 2. The number of nitrogens with one attached hydrogen (secondary N) is 2. The Morgan fingerprint density at radius 2 is 1.88 bits per heavy atom. The maximum Gasteiger partial charge on any atom is 0.324 e. The van der Waals surface area contributed by atoms with Crippen molar-refractivity contribution < 1.29 is 9.90 Å². The number of amides is 2. The molecular weight excluding hydrogens is 320 g/mol. The molecule has 0 spiro atoms. The molecule has 0 aliphatic rings. The summed E-state index contributed by atoms with van der Waals surface area (Å²) in [6.07, 6.45) is 3.20. The lowest BCUT2D eigenvalue weighted by Gasteiger charge is -2.23. The molecule has 138 valence electrons. The van der Waals surface area contributed by atoms with Gasteiger partial charge < -0.3 is 10.4 Å². The molecule has 2 heterocycles. The van der Waals surface area contributed by atoms with Crippen LogP contribution in [-0.2, 0) is 17.5 Å². The molecule has 0 bridgehead atoms. The maximum atomic E-state index is 12.3. The van der Waals surface area contributed by atoms with Crippen LogP contribution in [-0.4, -0.2) is 37.3 Å². The van der Waals surface area contributed by atoms with Crippen LogP contribution in [0.1, 0.15) is 47.2 Å². The lowest BCUT2D eigenvalue weighted by molar-refractivity contribution is 0.261. The number of carbonyl (C=O) groups is 1. The van der Waals surface area contributed by atoms with E-state index in [4.69, 9.17) is 5.11 Å². The van der Waals surface area contributed by atoms with Crippen LogP contribution in [0.5, 0.6) is 0 Å². The minimum absolute atomic E-state index is 0.00629. The minimum atomic E-state index is -0.366. The van der Waals surface area contributed by atoms with Crippen LogP contribution >= 0.6 is 0 Å². The molecule has 0 atom stereocenters. The smallest absolute Gasteiger partial charge is 0.324 e. The normalized spacial score (nSPS) is 12.3. The molecular formula is C17H28N6O2. The molecule has 2 aromatic heterocycles. The predicted molar refractivity (Wildman–Crippen MR) is 97.9 cm³/mol. The van der Waals surface area contributed by atoms with Crippen LogP contribution in [0.15, 0.2) is 18.5 Å². The van der Waals surface area contributed by atoms with Crippen LogP contribution < -0.4 is 10.6 Å². The fraction of sp³-hybridized carbons (Fsp3) is 0.588. The van der Waals surface area contributed by atoms with Gasteiger partial charge in [0, 0.05) is 17.7 Å². The van der Waals surface area contributed by atoms with E-state index >= 15 is 0 Å². The second-order valence-corrected chi connectivity index (χ2v) is 8.04. The van der Waals surface area contributed by atoms with Gasteiger partial charge in [-0.25, -0.2) is 9.48 Å². The Hall–Kier alpha value is -2.35. The first-order chi connectivity index (χ1) is 11.5. The van der Waals surface area contributed by atoms with Gasteiger partial charge in [-0.2, -0.15) is 10.2 Å². The van der Waals surface area contributed by atoms with Gasteiger partial charge in [-0.05, 0) is 20.8 Å². The van der Waals surface area contributed by atoms with Gasteiger partial charge in [0.25, 0.3) is 0 Å². The van der Waals surface area contributed by atoms with Crippen molar-refractivity contribution >= 4 is 17.5 Å². The van der Waals surface area contributed by atoms with E-state index in [1.807, 2.05) is 31.5 Å². The average molecular weight is 348 g/mol. The molecule has 0 aliphatic carbocycles. The molecule has 2 rings (SSSR count). The van der Waals surface area contributed by atoms with Gasteiger partial charge in [0.2, 0.25) is 0 Å². The zero-order chi connectivity index (χ0) is 18.8. The van der Waals surface area contributed by atoms with E-state index in [9.17, 15) is 4.79 Å². The molecule has 0 aromatic carbocycles. The van der Waals surface area contributed by atoms with Crippen LogP contribution in [0.4, 0.5) is 16.3 Å². The Balaban J connectivity index is 2.17. The Labute approximate surface area is 148 Å². The van der Waals surface area contributed by atoms with E-state index in [0.29, 0.717) is 18.1 Å². The number of carbonyl (C=O) groups excluding carboxylic acids is 1. The first-order valence-electron chi connectivity index (χ1n) is 8.33. The number of aromatic nitrogens is 4. The number of urea groups is 1. The lowest BCUT2D eigenvalue weighted by atomic mass is 9.92. The number of hydrogen-bond acceptors (Lipinski definition) is 4. The van der Waals surface area contributed by atoms with Crippen molar-refractivity contribution in [2.24, 2.45) is 0 Å². The summed E-state index contributed by atoms with van der Waals surface area (Å²) < 4.78 is 3.38. The summed E-state index contributed by atoms with van der Waals surface area (Å²) in [5.41, 5.74) is 1.09. The fourth-order valence-corrected chi connectivity index (χ4v) is 2.28. The van der Waals surface area contributed by atoms with Gasteiger partial charge in [-0.15, -0.1) is 0 Å². The highest BCUT2D eigenvalue weighted by molar-refractivity contribution is 5.99. The van der Waals surface area contributed by atoms with Crippen molar-refractivity contribution in [3.63, 3.8) is 0 Å². The summed E-state index contributed by atoms with van der Waals surface area (Å²) in [5, 5.41) is 23.2.